The molecule has 0 aromatic rings. The molecule has 5 heteroatoms. The molecule has 20 heavy (non-hydrogen) atoms. The van der Waals surface area contributed by atoms with Crippen molar-refractivity contribution in [1.82, 2.24) is 10.2 Å². The van der Waals surface area contributed by atoms with Gasteiger partial charge in [-0.05, 0) is 34.1 Å². The lowest BCUT2D eigenvalue weighted by molar-refractivity contribution is -0.137. The van der Waals surface area contributed by atoms with Crippen molar-refractivity contribution < 1.29 is 14.7 Å². The Bertz CT molecular complexity index is 311. The monoisotopic (exact) mass is 286 g/mol. The van der Waals surface area contributed by atoms with Crippen molar-refractivity contribution >= 4 is 12.0 Å². The summed E-state index contributed by atoms with van der Waals surface area (Å²) in [4.78, 5) is 24.6. The summed E-state index contributed by atoms with van der Waals surface area (Å²) >= 11 is 0. The lowest BCUT2D eigenvalue weighted by atomic mass is 10.1. The molecule has 0 aromatic carbocycles. The van der Waals surface area contributed by atoms with E-state index >= 15 is 0 Å². The Morgan fingerprint density at radius 3 is 2.30 bits per heavy atom. The van der Waals surface area contributed by atoms with Gasteiger partial charge in [-0.15, -0.1) is 0 Å². The highest BCUT2D eigenvalue weighted by atomic mass is 16.4. The lowest BCUT2D eigenvalue weighted by Crippen LogP contribution is -2.52. The van der Waals surface area contributed by atoms with Crippen molar-refractivity contribution in [3.63, 3.8) is 0 Å². The third kappa shape index (κ3) is 8.02. The van der Waals surface area contributed by atoms with Gasteiger partial charge in [0.2, 0.25) is 0 Å². The number of carboxylic acid groups (broad SMARTS) is 1. The molecular formula is C15H30N2O3. The molecule has 0 bridgehead atoms. The van der Waals surface area contributed by atoms with Gasteiger partial charge >= 0.3 is 12.0 Å². The highest BCUT2D eigenvalue weighted by Gasteiger charge is 2.27. The molecule has 1 atom stereocenters. The van der Waals surface area contributed by atoms with E-state index in [4.69, 9.17) is 5.11 Å². The topological polar surface area (TPSA) is 69.6 Å². The Balaban J connectivity index is 4.43. The number of hydrogen-bond donors (Lipinski definition) is 2. The third-order valence-corrected chi connectivity index (χ3v) is 3.21. The average Bonchev–Trinajstić information content (AvgIpc) is 2.26. The van der Waals surface area contributed by atoms with Crippen molar-refractivity contribution in [2.75, 3.05) is 6.54 Å². The van der Waals surface area contributed by atoms with E-state index in [1.807, 2.05) is 27.7 Å². The van der Waals surface area contributed by atoms with Crippen LogP contribution in [0.4, 0.5) is 4.79 Å². The van der Waals surface area contributed by atoms with Crippen molar-refractivity contribution in [2.45, 2.75) is 78.3 Å². The van der Waals surface area contributed by atoms with Crippen molar-refractivity contribution in [2.24, 2.45) is 0 Å². The molecule has 118 valence electrons. The largest absolute Gasteiger partial charge is 0.481 e. The first kappa shape index (κ1) is 18.7. The van der Waals surface area contributed by atoms with Crippen LogP contribution in [0, 0.1) is 0 Å². The average molecular weight is 286 g/mol. The van der Waals surface area contributed by atoms with E-state index in [2.05, 4.69) is 12.2 Å². The first-order valence-corrected chi connectivity index (χ1v) is 7.48. The normalized spacial score (nSPS) is 12.8. The van der Waals surface area contributed by atoms with Crippen LogP contribution < -0.4 is 5.32 Å². The van der Waals surface area contributed by atoms with Crippen LogP contribution in [0.15, 0.2) is 0 Å². The Labute approximate surface area is 122 Å². The first-order chi connectivity index (χ1) is 9.18. The summed E-state index contributed by atoms with van der Waals surface area (Å²) < 4.78 is 0. The van der Waals surface area contributed by atoms with Crippen LogP contribution in [-0.2, 0) is 4.79 Å². The smallest absolute Gasteiger partial charge is 0.318 e. The summed E-state index contributed by atoms with van der Waals surface area (Å²) in [5, 5.41) is 11.7. The molecule has 0 aliphatic heterocycles. The number of amides is 2. The molecule has 0 rings (SSSR count). The minimum atomic E-state index is -0.886. The van der Waals surface area contributed by atoms with Crippen LogP contribution in [0.3, 0.4) is 0 Å². The number of unbranched alkanes of at least 4 members (excludes halogenated alkanes) is 2. The van der Waals surface area contributed by atoms with Gasteiger partial charge in [0.15, 0.2) is 0 Å². The fourth-order valence-electron chi connectivity index (χ4n) is 2.01. The molecule has 2 N–H and O–H groups in total. The van der Waals surface area contributed by atoms with E-state index in [9.17, 15) is 9.59 Å². The molecule has 2 amide bonds. The maximum absolute atomic E-state index is 12.3. The van der Waals surface area contributed by atoms with Gasteiger partial charge in [-0.2, -0.15) is 0 Å². The minimum absolute atomic E-state index is 0.0328. The minimum Gasteiger partial charge on any atom is -0.481 e. The molecule has 0 aliphatic carbocycles. The fourth-order valence-corrected chi connectivity index (χ4v) is 2.01. The quantitative estimate of drug-likeness (QED) is 0.673. The molecule has 0 heterocycles. The van der Waals surface area contributed by atoms with Crippen LogP contribution in [0.5, 0.6) is 0 Å². The van der Waals surface area contributed by atoms with Crippen LogP contribution in [0.25, 0.3) is 0 Å². The van der Waals surface area contributed by atoms with E-state index in [1.165, 1.54) is 6.42 Å². The second-order valence-electron chi connectivity index (χ2n) is 6.31. The summed E-state index contributed by atoms with van der Waals surface area (Å²) in [6.07, 6.45) is 4.35. The second-order valence-corrected chi connectivity index (χ2v) is 6.31. The number of rotatable bonds is 8. The molecule has 0 saturated carbocycles. The number of carboxylic acids is 1. The van der Waals surface area contributed by atoms with Crippen LogP contribution >= 0.6 is 0 Å². The SMILES string of the molecule is CCCCCC(C)NC(=O)N(CCC(=O)O)C(C)(C)C. The van der Waals surface area contributed by atoms with Gasteiger partial charge in [0.1, 0.15) is 0 Å². The number of nitrogens with zero attached hydrogens (tertiary/aromatic N) is 1. The zero-order chi connectivity index (χ0) is 15.8. The summed E-state index contributed by atoms with van der Waals surface area (Å²) in [5.41, 5.74) is -0.386. The van der Waals surface area contributed by atoms with E-state index in [0.29, 0.717) is 0 Å². The number of hydrogen-bond acceptors (Lipinski definition) is 2. The van der Waals surface area contributed by atoms with Crippen molar-refractivity contribution in [3.8, 4) is 0 Å². The van der Waals surface area contributed by atoms with Crippen molar-refractivity contribution in [3.05, 3.63) is 0 Å². The van der Waals surface area contributed by atoms with Gasteiger partial charge in [0.25, 0.3) is 0 Å². The molecule has 0 aliphatic rings. The van der Waals surface area contributed by atoms with Gasteiger partial charge in [0, 0.05) is 18.1 Å². The number of carbonyl (C=O) groups is 2. The summed E-state index contributed by atoms with van der Waals surface area (Å²) in [6.45, 7) is 10.1. The van der Waals surface area contributed by atoms with Gasteiger partial charge in [-0.1, -0.05) is 26.2 Å². The number of nitrogens with one attached hydrogen (secondary N) is 1. The van der Waals surface area contributed by atoms with Crippen LogP contribution in [-0.4, -0.2) is 40.1 Å². The van der Waals surface area contributed by atoms with E-state index in [-0.39, 0.29) is 30.6 Å². The predicted octanol–water partition coefficient (Wildman–Crippen LogP) is 3.24. The number of urea groups is 1. The molecule has 1 unspecified atom stereocenters. The maximum Gasteiger partial charge on any atom is 0.318 e. The molecule has 0 radical (unpaired) electrons. The standard InChI is InChI=1S/C15H30N2O3/c1-6-7-8-9-12(2)16-14(20)17(15(3,4)5)11-10-13(18)19/h12H,6-11H2,1-5H3,(H,16,20)(H,18,19). The summed E-state index contributed by atoms with van der Waals surface area (Å²) in [5.74, 6) is -0.886. The predicted molar refractivity (Wildman–Crippen MR) is 80.8 cm³/mol. The second kappa shape index (κ2) is 8.82. The van der Waals surface area contributed by atoms with Crippen molar-refractivity contribution in [1.29, 1.82) is 0 Å². The number of aliphatic carboxylic acids is 1. The van der Waals surface area contributed by atoms with Crippen LogP contribution in [0.1, 0.15) is 66.7 Å². The van der Waals surface area contributed by atoms with Gasteiger partial charge in [0.05, 0.1) is 6.42 Å². The molecule has 0 saturated heterocycles. The van der Waals surface area contributed by atoms with E-state index < -0.39 is 5.97 Å². The van der Waals surface area contributed by atoms with E-state index in [1.54, 1.807) is 4.90 Å². The Morgan fingerprint density at radius 2 is 1.85 bits per heavy atom. The zero-order valence-electron chi connectivity index (χ0n) is 13.5. The van der Waals surface area contributed by atoms with Crippen LogP contribution in [0.2, 0.25) is 0 Å². The molecule has 0 aromatic heterocycles. The molecule has 5 nitrogen and oxygen atoms in total. The highest BCUT2D eigenvalue weighted by Crippen LogP contribution is 2.14. The molecular weight excluding hydrogens is 256 g/mol. The maximum atomic E-state index is 12.3. The third-order valence-electron chi connectivity index (χ3n) is 3.21. The Kier molecular flexibility index (Phi) is 8.26. The lowest BCUT2D eigenvalue weighted by Gasteiger charge is -2.36. The van der Waals surface area contributed by atoms with Gasteiger partial charge in [-0.25, -0.2) is 4.79 Å². The van der Waals surface area contributed by atoms with Gasteiger partial charge in [-0.3, -0.25) is 4.79 Å². The molecule has 0 spiro atoms. The van der Waals surface area contributed by atoms with E-state index in [0.717, 1.165) is 19.3 Å². The summed E-state index contributed by atoms with van der Waals surface area (Å²) in [6, 6.07) is -0.0634. The zero-order valence-corrected chi connectivity index (χ0v) is 13.5. The Hall–Kier alpha value is -1.26. The highest BCUT2D eigenvalue weighted by molar-refractivity contribution is 5.76. The summed E-state index contributed by atoms with van der Waals surface area (Å²) in [7, 11) is 0. The number of carbonyl (C=O) groups excluding carboxylic acids is 1. The fraction of sp³-hybridized carbons (Fsp3) is 0.867. The molecule has 0 fully saturated rings. The van der Waals surface area contributed by atoms with Gasteiger partial charge < -0.3 is 15.3 Å². The first-order valence-electron chi connectivity index (χ1n) is 7.48. The Morgan fingerprint density at radius 1 is 1.25 bits per heavy atom.